The molecule has 0 bridgehead atoms. The van der Waals surface area contributed by atoms with Gasteiger partial charge in [-0.1, -0.05) is 54.1 Å². The first kappa shape index (κ1) is 20.9. The number of Topliss-reactive ketones (excluding diaryl/α,β-unsaturated/α-hetero) is 1. The number of benzene rings is 3. The van der Waals surface area contributed by atoms with Crippen molar-refractivity contribution in [1.82, 2.24) is 0 Å². The lowest BCUT2D eigenvalue weighted by Crippen LogP contribution is -2.44. The molecule has 4 nitrogen and oxygen atoms in total. The molecule has 6 heteroatoms. The topological polar surface area (TPSA) is 67.9 Å². The number of carbonyl (C=O) groups excluding carboxylic acids is 1. The van der Waals surface area contributed by atoms with E-state index in [1.807, 2.05) is 41.3 Å². The van der Waals surface area contributed by atoms with E-state index in [2.05, 4.69) is 12.1 Å². The zero-order chi connectivity index (χ0) is 23.2. The molecular weight excluding hydrogens is 437 g/mol. The summed E-state index contributed by atoms with van der Waals surface area (Å²) >= 11 is 6.10. The highest BCUT2D eigenvalue weighted by Gasteiger charge is 2.63. The zero-order valence-electron chi connectivity index (χ0n) is 17.3. The van der Waals surface area contributed by atoms with E-state index in [-0.39, 0.29) is 5.78 Å². The Morgan fingerprint density at radius 3 is 2.30 bits per heavy atom. The average Bonchev–Trinajstić information content (AvgIpc) is 3.15. The van der Waals surface area contributed by atoms with Gasteiger partial charge in [0, 0.05) is 22.2 Å². The molecule has 3 aromatic rings. The number of hydrogen-bond donors (Lipinski definition) is 0. The Morgan fingerprint density at radius 1 is 0.970 bits per heavy atom. The van der Waals surface area contributed by atoms with Crippen molar-refractivity contribution in [1.29, 1.82) is 10.5 Å². The van der Waals surface area contributed by atoms with Gasteiger partial charge in [0.05, 0.1) is 18.2 Å². The normalized spacial score (nSPS) is 22.1. The fourth-order valence-electron chi connectivity index (χ4n) is 5.06. The first-order valence-electron chi connectivity index (χ1n) is 10.4. The third-order valence-corrected chi connectivity index (χ3v) is 6.79. The third kappa shape index (κ3) is 3.13. The molecule has 5 rings (SSSR count). The Kier molecular flexibility index (Phi) is 5.01. The molecule has 0 unspecified atom stereocenters. The molecule has 3 atom stereocenters. The number of nitrogens with zero attached hydrogens (tertiary/aromatic N) is 3. The Balaban J connectivity index is 1.78. The number of ketones is 1. The summed E-state index contributed by atoms with van der Waals surface area (Å²) in [5.74, 6) is -1.49. The van der Waals surface area contributed by atoms with Crippen LogP contribution in [-0.2, 0) is 0 Å². The lowest BCUT2D eigenvalue weighted by atomic mass is 9.69. The van der Waals surface area contributed by atoms with Crippen LogP contribution in [0.25, 0.3) is 6.08 Å². The van der Waals surface area contributed by atoms with Crippen LogP contribution in [0.1, 0.15) is 27.4 Å². The van der Waals surface area contributed by atoms with Gasteiger partial charge < -0.3 is 4.90 Å². The van der Waals surface area contributed by atoms with E-state index < -0.39 is 29.2 Å². The number of rotatable bonds is 3. The highest BCUT2D eigenvalue weighted by molar-refractivity contribution is 6.30. The lowest BCUT2D eigenvalue weighted by molar-refractivity contribution is 0.0951. The predicted molar refractivity (Wildman–Crippen MR) is 124 cm³/mol. The summed E-state index contributed by atoms with van der Waals surface area (Å²) in [6, 6.07) is 22.9. The van der Waals surface area contributed by atoms with Gasteiger partial charge in [0.25, 0.3) is 0 Å². The highest BCUT2D eigenvalue weighted by Crippen LogP contribution is 2.55. The maximum Gasteiger partial charge on any atom is 0.185 e. The van der Waals surface area contributed by atoms with Crippen molar-refractivity contribution in [2.45, 2.75) is 18.0 Å². The summed E-state index contributed by atoms with van der Waals surface area (Å²) in [5, 5.41) is 21.3. The van der Waals surface area contributed by atoms with Crippen LogP contribution >= 0.6 is 11.6 Å². The van der Waals surface area contributed by atoms with Gasteiger partial charge in [0.1, 0.15) is 11.9 Å². The first-order valence-corrected chi connectivity index (χ1v) is 10.8. The van der Waals surface area contributed by atoms with E-state index in [1.165, 1.54) is 24.3 Å². The van der Waals surface area contributed by atoms with Crippen molar-refractivity contribution in [2.75, 3.05) is 4.90 Å². The van der Waals surface area contributed by atoms with Crippen molar-refractivity contribution < 1.29 is 9.18 Å². The Bertz CT molecular complexity index is 1340. The Morgan fingerprint density at radius 2 is 1.64 bits per heavy atom. The molecule has 2 aliphatic heterocycles. The Hall–Kier alpha value is -3.93. The van der Waals surface area contributed by atoms with Crippen molar-refractivity contribution in [3.8, 4) is 12.1 Å². The number of hydrogen-bond acceptors (Lipinski definition) is 4. The number of fused-ring (bicyclic) bond motifs is 3. The molecule has 3 aromatic carbocycles. The van der Waals surface area contributed by atoms with Gasteiger partial charge in [0.2, 0.25) is 0 Å². The van der Waals surface area contributed by atoms with Gasteiger partial charge in [-0.05, 0) is 53.6 Å². The molecular formula is C27H17ClFN3O. The summed E-state index contributed by atoms with van der Waals surface area (Å²) in [7, 11) is 0. The maximum atomic E-state index is 14.0. The van der Waals surface area contributed by atoms with Crippen molar-refractivity contribution in [2.24, 2.45) is 5.41 Å². The van der Waals surface area contributed by atoms with Crippen LogP contribution < -0.4 is 4.90 Å². The molecule has 160 valence electrons. The lowest BCUT2D eigenvalue weighted by Gasteiger charge is -2.35. The van der Waals surface area contributed by atoms with Crippen LogP contribution in [0.15, 0.2) is 78.9 Å². The standard InChI is InChI=1S/C27H17ClFN3O/c28-20-10-5-18(6-11-20)24-25(26(33)19-7-12-21(29)13-8-19)32-22-4-2-1-3-17(22)9-14-23(32)27(24,15-30)16-31/h1-14,23-25H/t23-,24-,25-/m1/s1. The van der Waals surface area contributed by atoms with Crippen molar-refractivity contribution in [3.05, 3.63) is 106 Å². The van der Waals surface area contributed by atoms with Crippen LogP contribution in [0.5, 0.6) is 0 Å². The number of anilines is 1. The average molecular weight is 454 g/mol. The molecule has 0 aromatic heterocycles. The molecule has 2 heterocycles. The van der Waals surface area contributed by atoms with E-state index in [0.717, 1.165) is 11.3 Å². The molecule has 0 saturated carbocycles. The molecule has 33 heavy (non-hydrogen) atoms. The molecule has 1 fully saturated rings. The zero-order valence-corrected chi connectivity index (χ0v) is 18.1. The van der Waals surface area contributed by atoms with Crippen molar-refractivity contribution >= 4 is 29.1 Å². The van der Waals surface area contributed by atoms with Crippen LogP contribution in [-0.4, -0.2) is 17.9 Å². The van der Waals surface area contributed by atoms with E-state index >= 15 is 0 Å². The number of nitriles is 2. The molecule has 0 radical (unpaired) electrons. The van der Waals surface area contributed by atoms with E-state index in [1.54, 1.807) is 24.3 Å². The SMILES string of the molecule is N#CC1(C#N)[C@H](c2ccc(Cl)cc2)[C@H](C(=O)c2ccc(F)cc2)N2c3ccccc3C=C[C@@H]21. The second kappa shape index (κ2) is 7.89. The van der Waals surface area contributed by atoms with E-state index in [9.17, 15) is 19.7 Å². The number of halogens is 2. The minimum absolute atomic E-state index is 0.280. The number of para-hydroxylation sites is 1. The largest absolute Gasteiger partial charge is 0.351 e. The highest BCUT2D eigenvalue weighted by atomic mass is 35.5. The smallest absolute Gasteiger partial charge is 0.185 e. The monoisotopic (exact) mass is 453 g/mol. The predicted octanol–water partition coefficient (Wildman–Crippen LogP) is 5.76. The van der Waals surface area contributed by atoms with Crippen LogP contribution in [0.4, 0.5) is 10.1 Å². The quantitative estimate of drug-likeness (QED) is 0.472. The molecule has 0 spiro atoms. The minimum atomic E-state index is -1.53. The van der Waals surface area contributed by atoms with Gasteiger partial charge >= 0.3 is 0 Å². The van der Waals surface area contributed by atoms with Gasteiger partial charge in [0.15, 0.2) is 11.2 Å². The summed E-state index contributed by atoms with van der Waals surface area (Å²) < 4.78 is 13.6. The van der Waals surface area contributed by atoms with E-state index in [4.69, 9.17) is 11.6 Å². The van der Waals surface area contributed by atoms with Crippen LogP contribution in [0, 0.1) is 33.9 Å². The summed E-state index contributed by atoms with van der Waals surface area (Å²) in [5.41, 5.74) is 1.13. The fourth-order valence-corrected chi connectivity index (χ4v) is 5.19. The maximum absolute atomic E-state index is 14.0. The summed E-state index contributed by atoms with van der Waals surface area (Å²) in [6.45, 7) is 0. The van der Waals surface area contributed by atoms with Crippen LogP contribution in [0.3, 0.4) is 0 Å². The van der Waals surface area contributed by atoms with Gasteiger partial charge in [-0.2, -0.15) is 10.5 Å². The molecule has 0 N–H and O–H groups in total. The second-order valence-electron chi connectivity index (χ2n) is 8.21. The molecule has 0 amide bonds. The van der Waals surface area contributed by atoms with Crippen LogP contribution in [0.2, 0.25) is 5.02 Å². The fraction of sp³-hybridized carbons (Fsp3) is 0.148. The summed E-state index contributed by atoms with van der Waals surface area (Å²) in [4.78, 5) is 15.8. The minimum Gasteiger partial charge on any atom is -0.351 e. The van der Waals surface area contributed by atoms with Gasteiger partial charge in [-0.15, -0.1) is 0 Å². The van der Waals surface area contributed by atoms with Crippen molar-refractivity contribution in [3.63, 3.8) is 0 Å². The molecule has 0 aliphatic carbocycles. The molecule has 2 aliphatic rings. The molecule has 1 saturated heterocycles. The second-order valence-corrected chi connectivity index (χ2v) is 8.64. The number of carbonyl (C=O) groups is 1. The summed E-state index contributed by atoms with van der Waals surface area (Å²) in [6.07, 6.45) is 3.72. The van der Waals surface area contributed by atoms with E-state index in [0.29, 0.717) is 16.1 Å². The van der Waals surface area contributed by atoms with Gasteiger partial charge in [-0.25, -0.2) is 4.39 Å². The first-order chi connectivity index (χ1) is 16.0. The third-order valence-electron chi connectivity index (χ3n) is 6.54. The van der Waals surface area contributed by atoms with Gasteiger partial charge in [-0.3, -0.25) is 4.79 Å². The Labute approximate surface area is 195 Å².